The fourth-order valence-electron chi connectivity index (χ4n) is 3.88. The number of nitrogens with zero attached hydrogens (tertiary/aromatic N) is 4. The molecule has 0 saturated carbocycles. The van der Waals surface area contributed by atoms with Crippen molar-refractivity contribution in [3.05, 3.63) is 82.9 Å². The molecule has 0 aliphatic carbocycles. The van der Waals surface area contributed by atoms with E-state index in [0.717, 1.165) is 35.2 Å². The van der Waals surface area contributed by atoms with E-state index < -0.39 is 0 Å². The minimum absolute atomic E-state index is 0.0562. The number of aryl methyl sites for hydroxylation is 1. The predicted molar refractivity (Wildman–Crippen MR) is 121 cm³/mol. The molecule has 162 valence electrons. The fourth-order valence-corrected chi connectivity index (χ4v) is 4.18. The molecule has 0 spiro atoms. The van der Waals surface area contributed by atoms with Crippen molar-refractivity contribution < 1.29 is 9.53 Å². The van der Waals surface area contributed by atoms with Crippen molar-refractivity contribution in [2.45, 2.75) is 19.6 Å². The maximum Gasteiger partial charge on any atom is 0.253 e. The van der Waals surface area contributed by atoms with E-state index in [1.807, 2.05) is 65.2 Å². The Morgan fingerprint density at radius 1 is 1.10 bits per heavy atom. The molecule has 31 heavy (non-hydrogen) atoms. The molecular weight excluding hydrogens is 412 g/mol. The second-order valence-corrected chi connectivity index (χ2v) is 8.20. The summed E-state index contributed by atoms with van der Waals surface area (Å²) >= 11 is 6.36. The van der Waals surface area contributed by atoms with Crippen molar-refractivity contribution >= 4 is 17.5 Å². The van der Waals surface area contributed by atoms with E-state index in [4.69, 9.17) is 16.3 Å². The summed E-state index contributed by atoms with van der Waals surface area (Å²) in [4.78, 5) is 21.5. The van der Waals surface area contributed by atoms with E-state index in [2.05, 4.69) is 22.9 Å². The number of piperazine rings is 1. The van der Waals surface area contributed by atoms with Gasteiger partial charge in [-0.15, -0.1) is 0 Å². The van der Waals surface area contributed by atoms with Crippen LogP contribution in [0.4, 0.5) is 0 Å². The van der Waals surface area contributed by atoms with Crippen molar-refractivity contribution in [1.82, 2.24) is 19.4 Å². The highest BCUT2D eigenvalue weighted by atomic mass is 35.5. The number of benzene rings is 2. The van der Waals surface area contributed by atoms with Crippen LogP contribution in [0.2, 0.25) is 5.02 Å². The molecule has 0 N–H and O–H groups in total. The molecular formula is C24H27ClN4O2. The second kappa shape index (κ2) is 9.54. The lowest BCUT2D eigenvalue weighted by atomic mass is 10.1. The maximum atomic E-state index is 12.9. The number of amides is 1. The molecule has 1 aromatic heterocycles. The number of halogens is 1. The zero-order valence-corrected chi connectivity index (χ0v) is 18.6. The third-order valence-electron chi connectivity index (χ3n) is 5.89. The first-order valence-electron chi connectivity index (χ1n) is 10.5. The molecule has 0 bridgehead atoms. The number of carbonyl (C=O) groups is 1. The van der Waals surface area contributed by atoms with Crippen molar-refractivity contribution in [3.8, 4) is 5.75 Å². The lowest BCUT2D eigenvalue weighted by Crippen LogP contribution is -2.49. The van der Waals surface area contributed by atoms with Gasteiger partial charge in [-0.05, 0) is 42.8 Å². The standard InChI is InChI=1S/C24H27ClN4O2/c1-18(21-5-3-4-6-22(21)25)28-13-15-29(16-14-28)24(30)19-7-9-20(10-8-19)31-17-23-26-11-12-27(23)2/h3-12,18H,13-17H2,1-2H3. The quantitative estimate of drug-likeness (QED) is 0.579. The molecule has 3 aromatic rings. The van der Waals surface area contributed by atoms with Gasteiger partial charge in [0.15, 0.2) is 0 Å². The predicted octanol–water partition coefficient (Wildman–Crippen LogP) is 4.17. The Kier molecular flexibility index (Phi) is 6.59. The van der Waals surface area contributed by atoms with Crippen molar-refractivity contribution in [2.75, 3.05) is 26.2 Å². The lowest BCUT2D eigenvalue weighted by molar-refractivity contribution is 0.0582. The van der Waals surface area contributed by atoms with Crippen molar-refractivity contribution in [1.29, 1.82) is 0 Å². The third-order valence-corrected chi connectivity index (χ3v) is 6.24. The molecule has 1 aliphatic heterocycles. The minimum atomic E-state index is 0.0562. The topological polar surface area (TPSA) is 50.6 Å². The van der Waals surface area contributed by atoms with Crippen molar-refractivity contribution in [3.63, 3.8) is 0 Å². The maximum absolute atomic E-state index is 12.9. The highest BCUT2D eigenvalue weighted by molar-refractivity contribution is 6.31. The van der Waals surface area contributed by atoms with E-state index in [-0.39, 0.29) is 11.9 Å². The first-order valence-corrected chi connectivity index (χ1v) is 10.9. The molecule has 1 atom stereocenters. The van der Waals surface area contributed by atoms with Crippen LogP contribution in [-0.4, -0.2) is 51.4 Å². The van der Waals surface area contributed by atoms with Crippen LogP contribution in [0.15, 0.2) is 60.9 Å². The van der Waals surface area contributed by atoms with Gasteiger partial charge in [0.1, 0.15) is 18.2 Å². The smallest absolute Gasteiger partial charge is 0.253 e. The Balaban J connectivity index is 1.31. The molecule has 1 saturated heterocycles. The summed E-state index contributed by atoms with van der Waals surface area (Å²) in [6.07, 6.45) is 3.63. The van der Waals surface area contributed by atoms with Crippen molar-refractivity contribution in [2.24, 2.45) is 7.05 Å². The van der Waals surface area contributed by atoms with E-state index in [0.29, 0.717) is 25.3 Å². The molecule has 2 aromatic carbocycles. The van der Waals surface area contributed by atoms with E-state index in [9.17, 15) is 4.79 Å². The summed E-state index contributed by atoms with van der Waals surface area (Å²) < 4.78 is 7.70. The van der Waals surface area contributed by atoms with Crippen LogP contribution >= 0.6 is 11.6 Å². The van der Waals surface area contributed by atoms with Gasteiger partial charge in [-0.3, -0.25) is 9.69 Å². The fraction of sp³-hybridized carbons (Fsp3) is 0.333. The molecule has 1 amide bonds. The Hall–Kier alpha value is -2.83. The molecule has 4 rings (SSSR count). The highest BCUT2D eigenvalue weighted by Crippen LogP contribution is 2.28. The summed E-state index contributed by atoms with van der Waals surface area (Å²) in [7, 11) is 1.93. The Bertz CT molecular complexity index is 1030. The first-order chi connectivity index (χ1) is 15.0. The van der Waals surface area contributed by atoms with Crippen LogP contribution in [-0.2, 0) is 13.7 Å². The second-order valence-electron chi connectivity index (χ2n) is 7.79. The zero-order valence-electron chi connectivity index (χ0n) is 17.9. The van der Waals surface area contributed by atoms with Crippen LogP contribution in [0.5, 0.6) is 5.75 Å². The summed E-state index contributed by atoms with van der Waals surface area (Å²) in [5, 5.41) is 0.790. The number of hydrogen-bond donors (Lipinski definition) is 0. The van der Waals surface area contributed by atoms with E-state index >= 15 is 0 Å². The van der Waals surface area contributed by atoms with Gasteiger partial charge >= 0.3 is 0 Å². The lowest BCUT2D eigenvalue weighted by Gasteiger charge is -2.38. The van der Waals surface area contributed by atoms with Gasteiger partial charge in [-0.2, -0.15) is 0 Å². The normalized spacial score (nSPS) is 15.6. The highest BCUT2D eigenvalue weighted by Gasteiger charge is 2.26. The largest absolute Gasteiger partial charge is 0.486 e. The summed E-state index contributed by atoms with van der Waals surface area (Å²) in [6.45, 7) is 5.60. The number of carbonyl (C=O) groups excluding carboxylic acids is 1. The van der Waals surface area contributed by atoms with Gasteiger partial charge in [0.05, 0.1) is 0 Å². The molecule has 1 aliphatic rings. The zero-order chi connectivity index (χ0) is 21.8. The summed E-state index contributed by atoms with van der Waals surface area (Å²) in [6, 6.07) is 15.5. The number of ether oxygens (including phenoxy) is 1. The van der Waals surface area contributed by atoms with Crippen LogP contribution in [0.1, 0.15) is 34.7 Å². The van der Waals surface area contributed by atoms with Crippen LogP contribution in [0.3, 0.4) is 0 Å². The molecule has 1 fully saturated rings. The number of hydrogen-bond acceptors (Lipinski definition) is 4. The molecule has 6 nitrogen and oxygen atoms in total. The van der Waals surface area contributed by atoms with Gasteiger partial charge < -0.3 is 14.2 Å². The molecule has 2 heterocycles. The summed E-state index contributed by atoms with van der Waals surface area (Å²) in [5.74, 6) is 1.63. The minimum Gasteiger partial charge on any atom is -0.486 e. The average molecular weight is 439 g/mol. The van der Waals surface area contributed by atoms with Gasteiger partial charge in [-0.1, -0.05) is 29.8 Å². The van der Waals surface area contributed by atoms with Gasteiger partial charge in [0, 0.05) is 62.2 Å². The Morgan fingerprint density at radius 3 is 2.45 bits per heavy atom. The monoisotopic (exact) mass is 438 g/mol. The van der Waals surface area contributed by atoms with Crippen LogP contribution in [0.25, 0.3) is 0 Å². The van der Waals surface area contributed by atoms with E-state index in [1.165, 1.54) is 0 Å². The van der Waals surface area contributed by atoms with Gasteiger partial charge in [0.2, 0.25) is 0 Å². The van der Waals surface area contributed by atoms with Crippen LogP contribution < -0.4 is 4.74 Å². The van der Waals surface area contributed by atoms with Crippen LogP contribution in [0, 0.1) is 0 Å². The Labute approximate surface area is 188 Å². The number of rotatable bonds is 6. The average Bonchev–Trinajstić information content (AvgIpc) is 3.22. The third kappa shape index (κ3) is 4.92. The van der Waals surface area contributed by atoms with Gasteiger partial charge in [-0.25, -0.2) is 4.98 Å². The van der Waals surface area contributed by atoms with Gasteiger partial charge in [0.25, 0.3) is 5.91 Å². The SMILES string of the molecule is CC(c1ccccc1Cl)N1CCN(C(=O)c2ccc(OCc3nccn3C)cc2)CC1. The molecule has 0 radical (unpaired) electrons. The first kappa shape index (κ1) is 21.4. The van der Waals surface area contributed by atoms with E-state index in [1.54, 1.807) is 6.20 Å². The number of imidazole rings is 1. The Morgan fingerprint density at radius 2 is 1.81 bits per heavy atom. The molecule has 1 unspecified atom stereocenters. The number of aromatic nitrogens is 2. The summed E-state index contributed by atoms with van der Waals surface area (Å²) in [5.41, 5.74) is 1.81. The molecule has 7 heteroatoms.